The summed E-state index contributed by atoms with van der Waals surface area (Å²) in [6.07, 6.45) is 0. The minimum atomic E-state index is -0.384. The summed E-state index contributed by atoms with van der Waals surface area (Å²) in [4.78, 5) is 12.4. The van der Waals surface area contributed by atoms with E-state index in [-0.39, 0.29) is 5.63 Å². The average molecular weight is 331 g/mol. The molecule has 124 valence electrons. The first-order valence-electron chi connectivity index (χ1n) is 8.13. The summed E-state index contributed by atoms with van der Waals surface area (Å²) < 4.78 is 11.3. The van der Waals surface area contributed by atoms with Crippen molar-refractivity contribution in [1.82, 2.24) is 0 Å². The van der Waals surface area contributed by atoms with Crippen molar-refractivity contribution in [3.05, 3.63) is 88.5 Å². The normalized spacial score (nSPS) is 10.9. The number of hydrogen-bond donors (Lipinski definition) is 1. The highest BCUT2D eigenvalue weighted by molar-refractivity contribution is 5.99. The van der Waals surface area contributed by atoms with Gasteiger partial charge in [0.15, 0.2) is 0 Å². The molecule has 4 nitrogen and oxygen atoms in total. The second kappa shape index (κ2) is 6.32. The number of nitrogens with one attached hydrogen (secondary N) is 1. The molecular weight excluding hydrogens is 314 g/mol. The first-order valence-corrected chi connectivity index (χ1v) is 8.13. The Balaban J connectivity index is 1.85. The summed E-state index contributed by atoms with van der Waals surface area (Å²) in [5.41, 5.74) is 2.92. The van der Waals surface area contributed by atoms with Crippen LogP contribution in [0.2, 0.25) is 0 Å². The standard InChI is InChI=1S/C21H17NO3/c1-14-12-17-19(21(23)24-14)18(16-10-6-3-7-11-16)20(25-17)22-13-15-8-4-2-5-9-15/h2-12,22H,13H2,1H3. The van der Waals surface area contributed by atoms with Gasteiger partial charge in [-0.1, -0.05) is 60.7 Å². The Hall–Kier alpha value is -3.27. The monoisotopic (exact) mass is 331 g/mol. The van der Waals surface area contributed by atoms with Crippen LogP contribution in [0.1, 0.15) is 11.3 Å². The molecule has 0 aliphatic heterocycles. The predicted molar refractivity (Wildman–Crippen MR) is 98.7 cm³/mol. The first kappa shape index (κ1) is 15.3. The van der Waals surface area contributed by atoms with Crippen LogP contribution in [0.4, 0.5) is 5.88 Å². The van der Waals surface area contributed by atoms with Gasteiger partial charge in [0, 0.05) is 12.6 Å². The first-order chi connectivity index (χ1) is 12.2. The van der Waals surface area contributed by atoms with Crippen molar-refractivity contribution < 1.29 is 8.83 Å². The van der Waals surface area contributed by atoms with E-state index in [1.54, 1.807) is 13.0 Å². The number of rotatable bonds is 4. The molecule has 0 radical (unpaired) electrons. The van der Waals surface area contributed by atoms with Crippen LogP contribution in [0.25, 0.3) is 22.1 Å². The fourth-order valence-corrected chi connectivity index (χ4v) is 2.95. The Morgan fingerprint density at radius 3 is 2.32 bits per heavy atom. The van der Waals surface area contributed by atoms with Crippen LogP contribution in [0, 0.1) is 6.92 Å². The van der Waals surface area contributed by atoms with Crippen molar-refractivity contribution in [2.75, 3.05) is 5.32 Å². The Bertz CT molecular complexity index is 1060. The van der Waals surface area contributed by atoms with Gasteiger partial charge in [-0.3, -0.25) is 0 Å². The molecule has 0 atom stereocenters. The molecular formula is C21H17NO3. The van der Waals surface area contributed by atoms with E-state index in [1.807, 2.05) is 60.7 Å². The van der Waals surface area contributed by atoms with Crippen LogP contribution in [-0.2, 0) is 6.54 Å². The van der Waals surface area contributed by atoms with Gasteiger partial charge < -0.3 is 14.2 Å². The van der Waals surface area contributed by atoms with Crippen LogP contribution in [0.15, 0.2) is 80.4 Å². The molecule has 0 amide bonds. The summed E-state index contributed by atoms with van der Waals surface area (Å²) in [5, 5.41) is 3.78. The molecule has 0 fully saturated rings. The molecule has 0 saturated heterocycles. The second-order valence-electron chi connectivity index (χ2n) is 5.90. The molecule has 0 aliphatic rings. The topological polar surface area (TPSA) is 55.4 Å². The third-order valence-corrected chi connectivity index (χ3v) is 4.09. The molecule has 4 rings (SSSR count). The highest BCUT2D eigenvalue weighted by Crippen LogP contribution is 2.37. The molecule has 2 heterocycles. The lowest BCUT2D eigenvalue weighted by Gasteiger charge is -2.06. The molecule has 0 spiro atoms. The third-order valence-electron chi connectivity index (χ3n) is 4.09. The number of furan rings is 1. The summed E-state index contributed by atoms with van der Waals surface area (Å²) >= 11 is 0. The van der Waals surface area contributed by atoms with E-state index in [0.29, 0.717) is 29.2 Å². The van der Waals surface area contributed by atoms with Gasteiger partial charge in [0.25, 0.3) is 0 Å². The second-order valence-corrected chi connectivity index (χ2v) is 5.90. The molecule has 4 aromatic rings. The zero-order valence-electron chi connectivity index (χ0n) is 13.8. The van der Waals surface area contributed by atoms with Gasteiger partial charge in [-0.2, -0.15) is 0 Å². The molecule has 0 aliphatic carbocycles. The van der Waals surface area contributed by atoms with Gasteiger partial charge in [0.05, 0.1) is 5.56 Å². The quantitative estimate of drug-likeness (QED) is 0.573. The van der Waals surface area contributed by atoms with Crippen molar-refractivity contribution in [1.29, 1.82) is 0 Å². The van der Waals surface area contributed by atoms with Crippen LogP contribution < -0.4 is 10.9 Å². The zero-order valence-corrected chi connectivity index (χ0v) is 13.8. The SMILES string of the molecule is Cc1cc2oc(NCc3ccccc3)c(-c3ccccc3)c2c(=O)o1. The lowest BCUT2D eigenvalue weighted by atomic mass is 10.0. The van der Waals surface area contributed by atoms with Crippen molar-refractivity contribution in [2.24, 2.45) is 0 Å². The van der Waals surface area contributed by atoms with Gasteiger partial charge in [0.2, 0.25) is 5.88 Å². The number of fused-ring (bicyclic) bond motifs is 1. The third kappa shape index (κ3) is 2.94. The van der Waals surface area contributed by atoms with Crippen molar-refractivity contribution in [3.8, 4) is 11.1 Å². The van der Waals surface area contributed by atoms with Crippen molar-refractivity contribution in [2.45, 2.75) is 13.5 Å². The molecule has 0 bridgehead atoms. The summed E-state index contributed by atoms with van der Waals surface area (Å²) in [6.45, 7) is 2.34. The van der Waals surface area contributed by atoms with Crippen molar-refractivity contribution >= 4 is 16.9 Å². The maximum atomic E-state index is 12.4. The zero-order chi connectivity index (χ0) is 17.2. The minimum Gasteiger partial charge on any atom is -0.440 e. The Morgan fingerprint density at radius 1 is 0.920 bits per heavy atom. The Labute approximate surface area is 144 Å². The van der Waals surface area contributed by atoms with E-state index in [4.69, 9.17) is 8.83 Å². The lowest BCUT2D eigenvalue weighted by Crippen LogP contribution is -2.02. The van der Waals surface area contributed by atoms with Gasteiger partial charge >= 0.3 is 5.63 Å². The van der Waals surface area contributed by atoms with Crippen LogP contribution in [-0.4, -0.2) is 0 Å². The largest absolute Gasteiger partial charge is 0.440 e. The summed E-state index contributed by atoms with van der Waals surface area (Å²) in [6, 6.07) is 21.5. The van der Waals surface area contributed by atoms with Gasteiger partial charge in [-0.15, -0.1) is 0 Å². The van der Waals surface area contributed by atoms with E-state index in [0.717, 1.165) is 16.7 Å². The molecule has 25 heavy (non-hydrogen) atoms. The highest BCUT2D eigenvalue weighted by atomic mass is 16.4. The highest BCUT2D eigenvalue weighted by Gasteiger charge is 2.20. The Kier molecular flexibility index (Phi) is 3.86. The minimum absolute atomic E-state index is 0.384. The number of hydrogen-bond acceptors (Lipinski definition) is 4. The van der Waals surface area contributed by atoms with Gasteiger partial charge in [-0.05, 0) is 18.1 Å². The fourth-order valence-electron chi connectivity index (χ4n) is 2.95. The van der Waals surface area contributed by atoms with Crippen LogP contribution >= 0.6 is 0 Å². The summed E-state index contributed by atoms with van der Waals surface area (Å²) in [5.74, 6) is 1.10. The predicted octanol–water partition coefficient (Wildman–Crippen LogP) is 4.97. The van der Waals surface area contributed by atoms with E-state index >= 15 is 0 Å². The number of benzene rings is 2. The van der Waals surface area contributed by atoms with Gasteiger partial charge in [-0.25, -0.2) is 4.79 Å². The lowest BCUT2D eigenvalue weighted by molar-refractivity contribution is 0.485. The van der Waals surface area contributed by atoms with Crippen molar-refractivity contribution in [3.63, 3.8) is 0 Å². The maximum absolute atomic E-state index is 12.4. The Morgan fingerprint density at radius 2 is 1.60 bits per heavy atom. The van der Waals surface area contributed by atoms with Crippen LogP contribution in [0.5, 0.6) is 0 Å². The fraction of sp³-hybridized carbons (Fsp3) is 0.0952. The summed E-state index contributed by atoms with van der Waals surface area (Å²) in [7, 11) is 0. The van der Waals surface area contributed by atoms with E-state index < -0.39 is 0 Å². The van der Waals surface area contributed by atoms with E-state index in [1.165, 1.54) is 0 Å². The average Bonchev–Trinajstić information content (AvgIpc) is 3.00. The van der Waals surface area contributed by atoms with Gasteiger partial charge in [0.1, 0.15) is 16.7 Å². The van der Waals surface area contributed by atoms with E-state index in [2.05, 4.69) is 5.32 Å². The number of anilines is 1. The molecule has 4 heteroatoms. The molecule has 1 N–H and O–H groups in total. The maximum Gasteiger partial charge on any atom is 0.347 e. The number of aryl methyl sites for hydroxylation is 1. The molecule has 2 aromatic carbocycles. The molecule has 0 saturated carbocycles. The molecule has 0 unspecified atom stereocenters. The smallest absolute Gasteiger partial charge is 0.347 e. The van der Waals surface area contributed by atoms with E-state index in [9.17, 15) is 4.79 Å². The van der Waals surface area contributed by atoms with Crippen LogP contribution in [0.3, 0.4) is 0 Å². The molecule has 2 aromatic heterocycles.